The largest absolute Gasteiger partial charge is 0.329 e. The van der Waals surface area contributed by atoms with Crippen LogP contribution in [0.1, 0.15) is 85.3 Å². The fourth-order valence-corrected chi connectivity index (χ4v) is 6.75. The van der Waals surface area contributed by atoms with Gasteiger partial charge in [0.05, 0.1) is 17.2 Å². The zero-order valence-corrected chi connectivity index (χ0v) is 18.3. The van der Waals surface area contributed by atoms with Gasteiger partial charge in [0.1, 0.15) is 0 Å². The van der Waals surface area contributed by atoms with Gasteiger partial charge >= 0.3 is 0 Å². The number of amides is 2. The molecule has 1 atom stereocenters. The van der Waals surface area contributed by atoms with Crippen LogP contribution in [0, 0.1) is 6.92 Å². The maximum atomic E-state index is 13.8. The molecule has 2 aliphatic carbocycles. The second kappa shape index (κ2) is 7.80. The Balaban J connectivity index is 1.63. The minimum absolute atomic E-state index is 0.0193. The molecule has 2 heterocycles. The van der Waals surface area contributed by atoms with Crippen molar-refractivity contribution >= 4 is 28.3 Å². The summed E-state index contributed by atoms with van der Waals surface area (Å²) in [6.45, 7) is 1.94. The van der Waals surface area contributed by atoms with Crippen LogP contribution in [-0.4, -0.2) is 33.3 Å². The Hall–Kier alpha value is -2.21. The van der Waals surface area contributed by atoms with Crippen molar-refractivity contribution in [1.29, 1.82) is 0 Å². The summed E-state index contributed by atoms with van der Waals surface area (Å²) in [6.07, 6.45) is 9.55. The van der Waals surface area contributed by atoms with Crippen LogP contribution in [-0.2, 0) is 4.79 Å². The van der Waals surface area contributed by atoms with Gasteiger partial charge in [-0.25, -0.2) is 4.98 Å². The van der Waals surface area contributed by atoms with Crippen LogP contribution in [0.2, 0.25) is 0 Å². The summed E-state index contributed by atoms with van der Waals surface area (Å²) >= 11 is 1.46. The molecule has 1 aromatic carbocycles. The Morgan fingerprint density at radius 1 is 1.13 bits per heavy atom. The van der Waals surface area contributed by atoms with Crippen molar-refractivity contribution in [2.24, 2.45) is 0 Å². The molecule has 0 radical (unpaired) electrons. The van der Waals surface area contributed by atoms with Gasteiger partial charge < -0.3 is 10.2 Å². The predicted octanol–water partition coefficient (Wildman–Crippen LogP) is 5.28. The standard InChI is InChI=1S/C24H29N3O2S/c1-16-15-30-23(25-16)26-21(28)20-18-11-5-6-12-19(18)22(29)27(17-9-3-4-10-17)24(20)13-7-2-8-14-24/h5-6,11-12,15,17,20H,2-4,7-10,13-14H2,1H3,(H,25,26,28)/t20-/m1/s1. The number of anilines is 1. The third kappa shape index (κ3) is 3.16. The SMILES string of the molecule is Cc1csc(NC(=O)[C@H]2c3ccccc3C(=O)N(C3CCCC3)C23CCCCC3)n1. The van der Waals surface area contributed by atoms with Gasteiger partial charge in [0.2, 0.25) is 5.91 Å². The van der Waals surface area contributed by atoms with Crippen LogP contribution in [0.25, 0.3) is 0 Å². The zero-order valence-electron chi connectivity index (χ0n) is 17.5. The van der Waals surface area contributed by atoms with Gasteiger partial charge in [0, 0.05) is 17.0 Å². The molecule has 0 bridgehead atoms. The summed E-state index contributed by atoms with van der Waals surface area (Å²) in [5, 5.41) is 5.70. The first kappa shape index (κ1) is 19.7. The topological polar surface area (TPSA) is 62.3 Å². The second-order valence-electron chi connectivity index (χ2n) is 9.08. The lowest BCUT2D eigenvalue weighted by Crippen LogP contribution is -2.64. The molecule has 0 saturated heterocycles. The zero-order chi connectivity index (χ0) is 20.7. The quantitative estimate of drug-likeness (QED) is 0.731. The molecular formula is C24H29N3O2S. The van der Waals surface area contributed by atoms with Gasteiger partial charge in [0.15, 0.2) is 5.13 Å². The number of aryl methyl sites for hydroxylation is 1. The minimum Gasteiger partial charge on any atom is -0.329 e. The van der Waals surface area contributed by atoms with E-state index in [0.717, 1.165) is 49.8 Å². The molecule has 1 aliphatic heterocycles. The monoisotopic (exact) mass is 423 g/mol. The average Bonchev–Trinajstić information content (AvgIpc) is 3.41. The van der Waals surface area contributed by atoms with Gasteiger partial charge in [-0.2, -0.15) is 0 Å². The Labute approximate surface area is 181 Å². The van der Waals surface area contributed by atoms with Gasteiger partial charge in [-0.1, -0.05) is 50.3 Å². The molecule has 3 aliphatic rings. The molecule has 2 fully saturated rings. The molecular weight excluding hydrogens is 394 g/mol. The third-order valence-corrected chi connectivity index (χ3v) is 8.13. The summed E-state index contributed by atoms with van der Waals surface area (Å²) in [5.41, 5.74) is 2.09. The van der Waals surface area contributed by atoms with E-state index < -0.39 is 5.54 Å². The highest BCUT2D eigenvalue weighted by Crippen LogP contribution is 2.51. The highest BCUT2D eigenvalue weighted by atomic mass is 32.1. The Bertz CT molecular complexity index is 957. The van der Waals surface area contributed by atoms with Crippen LogP contribution < -0.4 is 5.32 Å². The van der Waals surface area contributed by atoms with Crippen molar-refractivity contribution in [3.8, 4) is 0 Å². The second-order valence-corrected chi connectivity index (χ2v) is 9.94. The van der Waals surface area contributed by atoms with Gasteiger partial charge in [-0.3, -0.25) is 9.59 Å². The maximum absolute atomic E-state index is 13.8. The van der Waals surface area contributed by atoms with Crippen LogP contribution in [0.15, 0.2) is 29.6 Å². The number of thiazole rings is 1. The Kier molecular flexibility index (Phi) is 5.13. The van der Waals surface area contributed by atoms with E-state index in [1.807, 2.05) is 36.6 Å². The number of fused-ring (bicyclic) bond motifs is 1. The lowest BCUT2D eigenvalue weighted by Gasteiger charge is -2.55. The molecule has 2 amide bonds. The number of rotatable bonds is 3. The number of carbonyl (C=O) groups is 2. The molecule has 5 nitrogen and oxygen atoms in total. The first-order valence-electron chi connectivity index (χ1n) is 11.3. The molecule has 1 N–H and O–H groups in total. The van der Waals surface area contributed by atoms with E-state index >= 15 is 0 Å². The first-order valence-corrected chi connectivity index (χ1v) is 12.1. The number of hydrogen-bond acceptors (Lipinski definition) is 4. The highest BCUT2D eigenvalue weighted by Gasteiger charge is 2.56. The number of benzene rings is 1. The van der Waals surface area contributed by atoms with E-state index in [4.69, 9.17) is 0 Å². The van der Waals surface area contributed by atoms with Crippen LogP contribution in [0.3, 0.4) is 0 Å². The van der Waals surface area contributed by atoms with Gasteiger partial charge in [0.25, 0.3) is 5.91 Å². The van der Waals surface area contributed by atoms with E-state index in [0.29, 0.717) is 10.7 Å². The van der Waals surface area contributed by atoms with Crippen molar-refractivity contribution in [2.45, 2.75) is 82.2 Å². The normalized spacial score (nSPS) is 23.6. The molecule has 30 heavy (non-hydrogen) atoms. The third-order valence-electron chi connectivity index (χ3n) is 7.26. The molecule has 5 rings (SSSR count). The van der Waals surface area contributed by atoms with E-state index in [1.54, 1.807) is 0 Å². The van der Waals surface area contributed by atoms with E-state index in [1.165, 1.54) is 30.6 Å². The summed E-state index contributed by atoms with van der Waals surface area (Å²) in [7, 11) is 0. The minimum atomic E-state index is -0.422. The molecule has 2 aromatic rings. The van der Waals surface area contributed by atoms with Crippen LogP contribution in [0.5, 0.6) is 0 Å². The van der Waals surface area contributed by atoms with Crippen LogP contribution in [0.4, 0.5) is 5.13 Å². The number of hydrogen-bond donors (Lipinski definition) is 1. The molecule has 1 aromatic heterocycles. The van der Waals surface area contributed by atoms with Crippen molar-refractivity contribution in [1.82, 2.24) is 9.88 Å². The Morgan fingerprint density at radius 3 is 2.57 bits per heavy atom. The number of nitrogens with one attached hydrogen (secondary N) is 1. The maximum Gasteiger partial charge on any atom is 0.254 e. The molecule has 1 spiro atoms. The summed E-state index contributed by atoms with van der Waals surface area (Å²) in [6, 6.07) is 8.03. The van der Waals surface area contributed by atoms with Crippen LogP contribution >= 0.6 is 11.3 Å². The number of carbonyl (C=O) groups excluding carboxylic acids is 2. The van der Waals surface area contributed by atoms with Crippen molar-refractivity contribution < 1.29 is 9.59 Å². The number of aromatic nitrogens is 1. The fraction of sp³-hybridized carbons (Fsp3) is 0.542. The van der Waals surface area contributed by atoms with Crippen molar-refractivity contribution in [3.05, 3.63) is 46.5 Å². The lowest BCUT2D eigenvalue weighted by molar-refractivity contribution is -0.123. The number of nitrogens with zero attached hydrogens (tertiary/aromatic N) is 2. The molecule has 0 unspecified atom stereocenters. The lowest BCUT2D eigenvalue weighted by atomic mass is 9.64. The van der Waals surface area contributed by atoms with E-state index in [9.17, 15) is 9.59 Å². The van der Waals surface area contributed by atoms with E-state index in [2.05, 4.69) is 15.2 Å². The van der Waals surface area contributed by atoms with Crippen molar-refractivity contribution in [3.63, 3.8) is 0 Å². The first-order chi connectivity index (χ1) is 14.6. The smallest absolute Gasteiger partial charge is 0.254 e. The van der Waals surface area contributed by atoms with Gasteiger partial charge in [-0.05, 0) is 44.2 Å². The van der Waals surface area contributed by atoms with Gasteiger partial charge in [-0.15, -0.1) is 11.3 Å². The summed E-state index contributed by atoms with van der Waals surface area (Å²) < 4.78 is 0. The van der Waals surface area contributed by atoms with Crippen molar-refractivity contribution in [2.75, 3.05) is 5.32 Å². The average molecular weight is 424 g/mol. The van der Waals surface area contributed by atoms with E-state index in [-0.39, 0.29) is 23.8 Å². The molecule has 2 saturated carbocycles. The Morgan fingerprint density at radius 2 is 1.87 bits per heavy atom. The summed E-state index contributed by atoms with van der Waals surface area (Å²) in [5.74, 6) is -0.237. The highest BCUT2D eigenvalue weighted by molar-refractivity contribution is 7.13. The predicted molar refractivity (Wildman–Crippen MR) is 119 cm³/mol. The molecule has 6 heteroatoms. The fourth-order valence-electron chi connectivity index (χ4n) is 6.06. The molecule has 158 valence electrons. The summed E-state index contributed by atoms with van der Waals surface area (Å²) in [4.78, 5) is 34.2.